The van der Waals surface area contributed by atoms with Gasteiger partial charge in [-0.2, -0.15) is 13.2 Å². The number of hydrogen-bond donors (Lipinski definition) is 1. The van der Waals surface area contributed by atoms with Gasteiger partial charge in [0.25, 0.3) is 0 Å². The van der Waals surface area contributed by atoms with Crippen molar-refractivity contribution in [1.29, 1.82) is 0 Å². The largest absolute Gasteiger partial charge is 0.417 e. The highest BCUT2D eigenvalue weighted by atomic mass is 79.9. The van der Waals surface area contributed by atoms with E-state index in [9.17, 15) is 13.2 Å². The zero-order valence-corrected chi connectivity index (χ0v) is 11.4. The van der Waals surface area contributed by atoms with Crippen LogP contribution < -0.4 is 5.73 Å². The number of halogens is 4. The molecule has 0 spiro atoms. The first-order valence-corrected chi connectivity index (χ1v) is 6.07. The van der Waals surface area contributed by atoms with Gasteiger partial charge in [0.15, 0.2) is 0 Å². The number of rotatable bonds is 2. The Balaban J connectivity index is 2.44. The monoisotopic (exact) mass is 334 g/mol. The van der Waals surface area contributed by atoms with Crippen molar-refractivity contribution in [2.24, 2.45) is 12.8 Å². The van der Waals surface area contributed by atoms with Crippen LogP contribution in [0.2, 0.25) is 0 Å². The quantitative estimate of drug-likeness (QED) is 0.918. The Morgan fingerprint density at radius 3 is 2.58 bits per heavy atom. The first-order chi connectivity index (χ1) is 8.80. The van der Waals surface area contributed by atoms with E-state index in [1.807, 2.05) is 0 Å². The highest BCUT2D eigenvalue weighted by Gasteiger charge is 2.33. The van der Waals surface area contributed by atoms with Gasteiger partial charge >= 0.3 is 6.18 Å². The highest BCUT2D eigenvalue weighted by Crippen LogP contribution is 2.36. The van der Waals surface area contributed by atoms with Crippen LogP contribution in [0.25, 0.3) is 0 Å². The van der Waals surface area contributed by atoms with Crippen molar-refractivity contribution in [1.82, 2.24) is 15.0 Å². The molecule has 0 saturated carbocycles. The smallest absolute Gasteiger partial charge is 0.319 e. The lowest BCUT2D eigenvalue weighted by Crippen LogP contribution is -2.17. The summed E-state index contributed by atoms with van der Waals surface area (Å²) in [5.41, 5.74) is 6.07. The second-order valence-corrected chi connectivity index (χ2v) is 4.85. The molecular formula is C11H10BrF3N4. The third kappa shape index (κ3) is 2.79. The second-order valence-electron chi connectivity index (χ2n) is 4.00. The van der Waals surface area contributed by atoms with E-state index in [4.69, 9.17) is 5.73 Å². The molecule has 0 aliphatic heterocycles. The zero-order chi connectivity index (χ0) is 14.2. The molecule has 0 aliphatic carbocycles. The minimum absolute atomic E-state index is 0.0147. The Labute approximate surface area is 115 Å². The van der Waals surface area contributed by atoms with Crippen molar-refractivity contribution in [3.05, 3.63) is 45.7 Å². The number of benzene rings is 1. The van der Waals surface area contributed by atoms with E-state index in [1.54, 1.807) is 7.05 Å². The lowest BCUT2D eigenvalue weighted by Gasteiger charge is -2.15. The lowest BCUT2D eigenvalue weighted by molar-refractivity contribution is -0.138. The summed E-state index contributed by atoms with van der Waals surface area (Å²) in [6.07, 6.45) is -3.00. The number of hydrogen-bond acceptors (Lipinski definition) is 3. The number of nitrogens with zero attached hydrogens (tertiary/aromatic N) is 3. The molecule has 0 amide bonds. The summed E-state index contributed by atoms with van der Waals surface area (Å²) >= 11 is 2.89. The van der Waals surface area contributed by atoms with Crippen LogP contribution in [0.3, 0.4) is 0 Å². The van der Waals surface area contributed by atoms with E-state index in [0.29, 0.717) is 11.3 Å². The van der Waals surface area contributed by atoms with E-state index in [2.05, 4.69) is 26.2 Å². The SMILES string of the molecule is Cn1nncc1C(N)c1ccc(Br)c(C(F)(F)F)c1. The van der Waals surface area contributed by atoms with Crippen LogP contribution in [0.1, 0.15) is 22.9 Å². The summed E-state index contributed by atoms with van der Waals surface area (Å²) in [6.45, 7) is 0. The van der Waals surface area contributed by atoms with Crippen LogP contribution >= 0.6 is 15.9 Å². The third-order valence-corrected chi connectivity index (χ3v) is 3.41. The fourth-order valence-electron chi connectivity index (χ4n) is 1.70. The van der Waals surface area contributed by atoms with Gasteiger partial charge in [0.05, 0.1) is 23.5 Å². The van der Waals surface area contributed by atoms with Gasteiger partial charge in [-0.05, 0) is 17.7 Å². The standard InChI is InChI=1S/C11H10BrF3N4/c1-19-9(5-17-18-19)10(16)6-2-3-8(12)7(4-6)11(13,14)15/h2-5,10H,16H2,1H3. The Kier molecular flexibility index (Phi) is 3.64. The maximum atomic E-state index is 12.8. The van der Waals surface area contributed by atoms with E-state index < -0.39 is 17.8 Å². The first-order valence-electron chi connectivity index (χ1n) is 5.27. The Hall–Kier alpha value is -1.41. The van der Waals surface area contributed by atoms with Gasteiger partial charge in [0.2, 0.25) is 0 Å². The molecule has 0 saturated heterocycles. The van der Waals surface area contributed by atoms with Crippen molar-refractivity contribution in [2.45, 2.75) is 12.2 Å². The maximum absolute atomic E-state index is 12.8. The predicted molar refractivity (Wildman–Crippen MR) is 66.2 cm³/mol. The van der Waals surface area contributed by atoms with E-state index >= 15 is 0 Å². The van der Waals surface area contributed by atoms with Crippen molar-refractivity contribution >= 4 is 15.9 Å². The molecule has 1 atom stereocenters. The molecule has 8 heteroatoms. The molecule has 0 radical (unpaired) electrons. The van der Waals surface area contributed by atoms with Crippen LogP contribution in [-0.4, -0.2) is 15.0 Å². The van der Waals surface area contributed by atoms with E-state index in [-0.39, 0.29) is 4.47 Å². The van der Waals surface area contributed by atoms with Gasteiger partial charge in [-0.3, -0.25) is 4.68 Å². The third-order valence-electron chi connectivity index (χ3n) is 2.72. The number of aryl methyl sites for hydroxylation is 1. The van der Waals surface area contributed by atoms with Gasteiger partial charge in [-0.1, -0.05) is 27.2 Å². The molecule has 0 bridgehead atoms. The average Bonchev–Trinajstić information content (AvgIpc) is 2.73. The second kappa shape index (κ2) is 4.93. The minimum Gasteiger partial charge on any atom is -0.319 e. The van der Waals surface area contributed by atoms with Gasteiger partial charge in [-0.15, -0.1) is 5.10 Å². The van der Waals surface area contributed by atoms with Crippen molar-refractivity contribution in [3.63, 3.8) is 0 Å². The fourth-order valence-corrected chi connectivity index (χ4v) is 2.17. The number of alkyl halides is 3. The zero-order valence-electron chi connectivity index (χ0n) is 9.82. The first kappa shape index (κ1) is 14.0. The lowest BCUT2D eigenvalue weighted by atomic mass is 10.0. The molecule has 1 aromatic carbocycles. The van der Waals surface area contributed by atoms with Crippen LogP contribution in [0.4, 0.5) is 13.2 Å². The molecule has 0 aliphatic rings. The summed E-state index contributed by atoms with van der Waals surface area (Å²) < 4.78 is 39.9. The molecule has 2 N–H and O–H groups in total. The van der Waals surface area contributed by atoms with Crippen molar-refractivity contribution in [2.75, 3.05) is 0 Å². The number of aromatic nitrogens is 3. The maximum Gasteiger partial charge on any atom is 0.417 e. The molecule has 1 unspecified atom stereocenters. The Morgan fingerprint density at radius 1 is 1.37 bits per heavy atom. The molecule has 1 heterocycles. The molecule has 19 heavy (non-hydrogen) atoms. The molecule has 2 rings (SSSR count). The van der Waals surface area contributed by atoms with Crippen LogP contribution in [-0.2, 0) is 13.2 Å². The highest BCUT2D eigenvalue weighted by molar-refractivity contribution is 9.10. The average molecular weight is 335 g/mol. The Morgan fingerprint density at radius 2 is 2.05 bits per heavy atom. The predicted octanol–water partition coefficient (Wildman–Crippen LogP) is 2.64. The molecular weight excluding hydrogens is 325 g/mol. The van der Waals surface area contributed by atoms with E-state index in [1.165, 1.54) is 23.0 Å². The molecule has 2 aromatic rings. The summed E-state index contributed by atoms with van der Waals surface area (Å²) in [7, 11) is 1.63. The van der Waals surface area contributed by atoms with E-state index in [0.717, 1.165) is 6.07 Å². The van der Waals surface area contributed by atoms with Crippen LogP contribution in [0.15, 0.2) is 28.9 Å². The number of nitrogens with two attached hydrogens (primary N) is 1. The molecule has 0 fully saturated rings. The topological polar surface area (TPSA) is 56.7 Å². The van der Waals surface area contributed by atoms with Crippen molar-refractivity contribution in [3.8, 4) is 0 Å². The summed E-state index contributed by atoms with van der Waals surface area (Å²) in [5, 5.41) is 7.37. The Bertz CT molecular complexity index is 594. The van der Waals surface area contributed by atoms with Gasteiger partial charge in [0.1, 0.15) is 0 Å². The summed E-state index contributed by atoms with van der Waals surface area (Å²) in [4.78, 5) is 0. The summed E-state index contributed by atoms with van der Waals surface area (Å²) in [6, 6.07) is 3.19. The fraction of sp³-hybridized carbons (Fsp3) is 0.273. The minimum atomic E-state index is -4.43. The van der Waals surface area contributed by atoms with Gasteiger partial charge in [0, 0.05) is 11.5 Å². The normalized spacial score (nSPS) is 13.6. The van der Waals surface area contributed by atoms with Gasteiger partial charge < -0.3 is 5.73 Å². The van der Waals surface area contributed by atoms with Crippen LogP contribution in [0.5, 0.6) is 0 Å². The van der Waals surface area contributed by atoms with Crippen molar-refractivity contribution < 1.29 is 13.2 Å². The molecule has 102 valence electrons. The van der Waals surface area contributed by atoms with Crippen LogP contribution in [0, 0.1) is 0 Å². The van der Waals surface area contributed by atoms with Gasteiger partial charge in [-0.25, -0.2) is 0 Å². The molecule has 4 nitrogen and oxygen atoms in total. The summed E-state index contributed by atoms with van der Waals surface area (Å²) in [5.74, 6) is 0. The molecule has 1 aromatic heterocycles.